The molecular formula is C20H24FN3O3. The monoisotopic (exact) mass is 373 g/mol. The number of carbonyl (C=O) groups is 1. The van der Waals surface area contributed by atoms with Crippen LogP contribution in [0.3, 0.4) is 0 Å². The first-order valence-corrected chi connectivity index (χ1v) is 8.67. The van der Waals surface area contributed by atoms with Crippen molar-refractivity contribution in [1.82, 2.24) is 9.88 Å². The fourth-order valence-corrected chi connectivity index (χ4v) is 2.51. The molecule has 0 radical (unpaired) electrons. The number of hydrogen-bond donors (Lipinski definition) is 2. The molecule has 3 aromatic rings. The van der Waals surface area contributed by atoms with Crippen LogP contribution < -0.4 is 5.32 Å². The molecule has 1 amide bonds. The summed E-state index contributed by atoms with van der Waals surface area (Å²) in [6.45, 7) is 5.50. The number of amides is 1. The highest BCUT2D eigenvalue weighted by Crippen LogP contribution is 2.35. The van der Waals surface area contributed by atoms with Gasteiger partial charge in [-0.05, 0) is 24.6 Å². The molecule has 2 heterocycles. The molecule has 144 valence electrons. The van der Waals surface area contributed by atoms with Crippen LogP contribution in [0.15, 0.2) is 35.0 Å². The summed E-state index contributed by atoms with van der Waals surface area (Å²) in [4.78, 5) is 17.9. The van der Waals surface area contributed by atoms with Crippen LogP contribution in [0.2, 0.25) is 0 Å². The Morgan fingerprint density at radius 3 is 2.59 bits per heavy atom. The summed E-state index contributed by atoms with van der Waals surface area (Å²) in [6.07, 6.45) is 2.98. The molecule has 0 aliphatic heterocycles. The summed E-state index contributed by atoms with van der Waals surface area (Å²) in [5.74, 6) is -0.790. The molecule has 2 aromatic heterocycles. The second-order valence-electron chi connectivity index (χ2n) is 5.95. The van der Waals surface area contributed by atoms with Crippen LogP contribution in [0.4, 0.5) is 15.8 Å². The fourth-order valence-electron chi connectivity index (χ4n) is 2.51. The van der Waals surface area contributed by atoms with Crippen LogP contribution in [-0.2, 0) is 6.61 Å². The number of nitrogens with one attached hydrogen (secondary N) is 1. The van der Waals surface area contributed by atoms with Gasteiger partial charge in [-0.3, -0.25) is 9.78 Å². The van der Waals surface area contributed by atoms with Crippen LogP contribution in [0.5, 0.6) is 0 Å². The average molecular weight is 373 g/mol. The van der Waals surface area contributed by atoms with Gasteiger partial charge in [0.1, 0.15) is 17.1 Å². The van der Waals surface area contributed by atoms with Crippen molar-refractivity contribution < 1.29 is 18.7 Å². The Morgan fingerprint density at radius 2 is 2.00 bits per heavy atom. The van der Waals surface area contributed by atoms with E-state index in [0.29, 0.717) is 22.2 Å². The molecule has 1 aromatic carbocycles. The molecule has 0 spiro atoms. The number of benzene rings is 1. The highest BCUT2D eigenvalue weighted by molar-refractivity contribution is 6.07. The summed E-state index contributed by atoms with van der Waals surface area (Å²) in [5.41, 5.74) is 2.11. The number of rotatable bonds is 4. The minimum absolute atomic E-state index is 0.0303. The predicted octanol–water partition coefficient (Wildman–Crippen LogP) is 4.24. The molecule has 0 saturated heterocycles. The van der Waals surface area contributed by atoms with Crippen LogP contribution in [0, 0.1) is 12.7 Å². The van der Waals surface area contributed by atoms with Gasteiger partial charge in [0.05, 0.1) is 17.7 Å². The van der Waals surface area contributed by atoms with Crippen LogP contribution >= 0.6 is 0 Å². The molecule has 7 heteroatoms. The number of furan rings is 1. The van der Waals surface area contributed by atoms with Crippen molar-refractivity contribution >= 4 is 28.3 Å². The van der Waals surface area contributed by atoms with E-state index in [4.69, 9.17) is 4.42 Å². The number of aromatic nitrogens is 1. The molecular weight excluding hydrogens is 349 g/mol. The van der Waals surface area contributed by atoms with E-state index in [1.807, 2.05) is 13.8 Å². The summed E-state index contributed by atoms with van der Waals surface area (Å²) in [5, 5.41) is 12.9. The van der Waals surface area contributed by atoms with Crippen molar-refractivity contribution in [2.24, 2.45) is 0 Å². The van der Waals surface area contributed by atoms with Gasteiger partial charge in [-0.15, -0.1) is 0 Å². The molecule has 2 N–H and O–H groups in total. The average Bonchev–Trinajstić information content (AvgIpc) is 3.03. The minimum atomic E-state index is -0.441. The molecule has 0 bridgehead atoms. The highest BCUT2D eigenvalue weighted by atomic mass is 19.1. The predicted molar refractivity (Wildman–Crippen MR) is 104 cm³/mol. The van der Waals surface area contributed by atoms with Gasteiger partial charge in [0, 0.05) is 32.1 Å². The van der Waals surface area contributed by atoms with E-state index in [9.17, 15) is 14.3 Å². The number of aryl methyl sites for hydroxylation is 1. The third kappa shape index (κ3) is 4.09. The summed E-state index contributed by atoms with van der Waals surface area (Å²) in [7, 11) is 3.19. The van der Waals surface area contributed by atoms with E-state index < -0.39 is 5.82 Å². The molecule has 0 aliphatic rings. The van der Waals surface area contributed by atoms with Gasteiger partial charge >= 0.3 is 0 Å². The van der Waals surface area contributed by atoms with Crippen LogP contribution in [0.25, 0.3) is 11.0 Å². The van der Waals surface area contributed by atoms with Gasteiger partial charge in [0.25, 0.3) is 5.91 Å². The molecule has 6 nitrogen and oxygen atoms in total. The molecule has 3 rings (SSSR count). The number of aliphatic hydroxyl groups is 1. The van der Waals surface area contributed by atoms with Crippen LogP contribution in [0.1, 0.15) is 35.5 Å². The maximum atomic E-state index is 14.2. The quantitative estimate of drug-likeness (QED) is 0.715. The minimum Gasteiger partial charge on any atom is -0.448 e. The summed E-state index contributed by atoms with van der Waals surface area (Å²) >= 11 is 0. The molecule has 27 heavy (non-hydrogen) atoms. The molecule has 0 unspecified atom stereocenters. The van der Waals surface area contributed by atoms with E-state index in [2.05, 4.69) is 10.3 Å². The third-order valence-corrected chi connectivity index (χ3v) is 3.83. The van der Waals surface area contributed by atoms with E-state index in [1.165, 1.54) is 23.4 Å². The second-order valence-corrected chi connectivity index (χ2v) is 5.95. The van der Waals surface area contributed by atoms with E-state index >= 15 is 0 Å². The van der Waals surface area contributed by atoms with Crippen molar-refractivity contribution in [2.75, 3.05) is 19.4 Å². The first kappa shape index (κ1) is 20.4. The summed E-state index contributed by atoms with van der Waals surface area (Å²) < 4.78 is 19.9. The van der Waals surface area contributed by atoms with Crippen molar-refractivity contribution in [3.05, 3.63) is 53.3 Å². The standard InChI is InChI=1S/C18H18FN3O3.C2H6/c1-10-4-5-14(13(19)6-10)21-15-12-8-20-7-11(9-23)16(12)25-17(15)18(24)22(2)3;1-2/h4-8,21,23H,9H2,1-3H3;1-2H3. The van der Waals surface area contributed by atoms with Gasteiger partial charge in [0.2, 0.25) is 5.76 Å². The molecule has 0 aliphatic carbocycles. The smallest absolute Gasteiger partial charge is 0.291 e. The number of nitrogens with zero attached hydrogens (tertiary/aromatic N) is 2. The lowest BCUT2D eigenvalue weighted by molar-refractivity contribution is 0.0800. The second kappa shape index (κ2) is 8.64. The number of fused-ring (bicyclic) bond motifs is 1. The maximum Gasteiger partial charge on any atom is 0.291 e. The lowest BCUT2D eigenvalue weighted by atomic mass is 10.1. The normalized spacial score (nSPS) is 10.3. The van der Waals surface area contributed by atoms with Gasteiger partial charge in [-0.2, -0.15) is 0 Å². The number of carbonyl (C=O) groups excluding carboxylic acids is 1. The van der Waals surface area contributed by atoms with E-state index in [0.717, 1.165) is 5.56 Å². The largest absolute Gasteiger partial charge is 0.448 e. The first-order chi connectivity index (χ1) is 12.9. The Labute approximate surface area is 157 Å². The Morgan fingerprint density at radius 1 is 1.30 bits per heavy atom. The number of pyridine rings is 1. The Balaban J connectivity index is 0.00000126. The molecule has 0 atom stereocenters. The molecule has 0 saturated carbocycles. The van der Waals surface area contributed by atoms with Gasteiger partial charge in [0.15, 0.2) is 0 Å². The van der Waals surface area contributed by atoms with Crippen molar-refractivity contribution in [2.45, 2.75) is 27.4 Å². The van der Waals surface area contributed by atoms with Gasteiger partial charge < -0.3 is 19.7 Å². The van der Waals surface area contributed by atoms with E-state index in [-0.39, 0.29) is 24.0 Å². The highest BCUT2D eigenvalue weighted by Gasteiger charge is 2.24. The number of halogens is 1. The van der Waals surface area contributed by atoms with Crippen molar-refractivity contribution in [1.29, 1.82) is 0 Å². The van der Waals surface area contributed by atoms with Crippen LogP contribution in [-0.4, -0.2) is 35.0 Å². The van der Waals surface area contributed by atoms with Crippen molar-refractivity contribution in [3.63, 3.8) is 0 Å². The summed E-state index contributed by atoms with van der Waals surface area (Å²) in [6, 6.07) is 4.75. The Kier molecular flexibility index (Phi) is 6.52. The zero-order valence-corrected chi connectivity index (χ0v) is 16.1. The number of hydrogen-bond acceptors (Lipinski definition) is 5. The fraction of sp³-hybridized carbons (Fsp3) is 0.300. The Bertz CT molecular complexity index is 951. The van der Waals surface area contributed by atoms with Crippen molar-refractivity contribution in [3.8, 4) is 0 Å². The first-order valence-electron chi connectivity index (χ1n) is 8.67. The Hall–Kier alpha value is -2.93. The maximum absolute atomic E-state index is 14.2. The SMILES string of the molecule is CC.Cc1ccc(Nc2c(C(=O)N(C)C)oc3c(CO)cncc23)c(F)c1. The zero-order valence-electron chi connectivity index (χ0n) is 16.1. The van der Waals surface area contributed by atoms with Gasteiger partial charge in [-0.1, -0.05) is 19.9 Å². The lowest BCUT2D eigenvalue weighted by Gasteiger charge is -2.11. The lowest BCUT2D eigenvalue weighted by Crippen LogP contribution is -2.22. The third-order valence-electron chi connectivity index (χ3n) is 3.83. The van der Waals surface area contributed by atoms with Gasteiger partial charge in [-0.25, -0.2) is 4.39 Å². The topological polar surface area (TPSA) is 78.6 Å². The molecule has 0 fully saturated rings. The zero-order chi connectivity index (χ0) is 20.1. The van der Waals surface area contributed by atoms with E-state index in [1.54, 1.807) is 33.2 Å². The number of anilines is 2. The number of aliphatic hydroxyl groups excluding tert-OH is 1.